The predicted molar refractivity (Wildman–Crippen MR) is 59.4 cm³/mol. The topological polar surface area (TPSA) is 35.5 Å². The van der Waals surface area contributed by atoms with Gasteiger partial charge in [-0.2, -0.15) is 0 Å². The minimum absolute atomic E-state index is 0.158. The summed E-state index contributed by atoms with van der Waals surface area (Å²) in [5.74, 6) is 1.66. The van der Waals surface area contributed by atoms with Crippen molar-refractivity contribution < 1.29 is 14.3 Å². The minimum atomic E-state index is 0.158. The normalized spacial score (nSPS) is 15.1. The Labute approximate surface area is 96.5 Å². The number of ether oxygens (including phenoxy) is 2. The molecule has 0 fully saturated rings. The number of hydrogen-bond donors (Lipinski definition) is 0. The molecule has 0 saturated carbocycles. The average molecular weight is 271 g/mol. The van der Waals surface area contributed by atoms with Crippen LogP contribution in [0.25, 0.3) is 0 Å². The molecule has 1 aliphatic heterocycles. The molecule has 15 heavy (non-hydrogen) atoms. The second kappa shape index (κ2) is 4.23. The molecule has 0 aliphatic carbocycles. The second-order valence-electron chi connectivity index (χ2n) is 3.50. The zero-order valence-corrected chi connectivity index (χ0v) is 9.91. The fraction of sp³-hybridized carbons (Fsp3) is 0.364. The molecule has 0 radical (unpaired) electrons. The van der Waals surface area contributed by atoms with Crippen LogP contribution in [0.2, 0.25) is 0 Å². The summed E-state index contributed by atoms with van der Waals surface area (Å²) in [5.41, 5.74) is 1.03. The van der Waals surface area contributed by atoms with Gasteiger partial charge in [0.2, 0.25) is 6.79 Å². The van der Waals surface area contributed by atoms with E-state index < -0.39 is 0 Å². The van der Waals surface area contributed by atoms with Crippen molar-refractivity contribution >= 4 is 22.2 Å². The number of halogens is 1. The van der Waals surface area contributed by atoms with Crippen LogP contribution in [0.1, 0.15) is 24.8 Å². The van der Waals surface area contributed by atoms with Gasteiger partial charge < -0.3 is 14.3 Å². The molecule has 0 amide bonds. The molecule has 0 N–H and O–H groups in total. The predicted octanol–water partition coefficient (Wildman–Crippen LogP) is 2.87. The maximum absolute atomic E-state index is 10.5. The lowest BCUT2D eigenvalue weighted by molar-refractivity contribution is -0.108. The highest BCUT2D eigenvalue weighted by Crippen LogP contribution is 2.44. The first-order valence-electron chi connectivity index (χ1n) is 4.75. The molecular formula is C11H11BrO3. The van der Waals surface area contributed by atoms with Crippen LogP contribution in [0, 0.1) is 0 Å². The Morgan fingerprint density at radius 1 is 1.47 bits per heavy atom. The van der Waals surface area contributed by atoms with E-state index in [1.165, 1.54) is 0 Å². The van der Waals surface area contributed by atoms with Gasteiger partial charge in [-0.15, -0.1) is 0 Å². The molecule has 1 heterocycles. The molecule has 1 aromatic carbocycles. The Balaban J connectivity index is 2.41. The van der Waals surface area contributed by atoms with Crippen LogP contribution < -0.4 is 9.47 Å². The monoisotopic (exact) mass is 270 g/mol. The first-order valence-corrected chi connectivity index (χ1v) is 5.55. The van der Waals surface area contributed by atoms with Crippen LogP contribution in [0.3, 0.4) is 0 Å². The molecule has 0 aromatic heterocycles. The number of carbonyl (C=O) groups is 1. The van der Waals surface area contributed by atoms with Gasteiger partial charge in [-0.3, -0.25) is 0 Å². The molecule has 3 nitrogen and oxygen atoms in total. The van der Waals surface area contributed by atoms with Crippen molar-refractivity contribution in [2.45, 2.75) is 19.3 Å². The molecule has 1 unspecified atom stereocenters. The number of aldehydes is 1. The minimum Gasteiger partial charge on any atom is -0.453 e. The van der Waals surface area contributed by atoms with Gasteiger partial charge in [-0.1, -0.05) is 13.0 Å². The van der Waals surface area contributed by atoms with Crippen LogP contribution in [0.15, 0.2) is 16.6 Å². The van der Waals surface area contributed by atoms with Gasteiger partial charge in [0.15, 0.2) is 11.5 Å². The third kappa shape index (κ3) is 1.86. The third-order valence-electron chi connectivity index (χ3n) is 2.48. The molecule has 80 valence electrons. The first kappa shape index (κ1) is 10.5. The van der Waals surface area contributed by atoms with E-state index in [9.17, 15) is 4.79 Å². The average Bonchev–Trinajstić information content (AvgIpc) is 2.68. The van der Waals surface area contributed by atoms with E-state index in [1.54, 1.807) is 0 Å². The molecule has 0 saturated heterocycles. The molecule has 0 spiro atoms. The summed E-state index contributed by atoms with van der Waals surface area (Å²) in [4.78, 5) is 10.5. The highest BCUT2D eigenvalue weighted by atomic mass is 79.9. The summed E-state index contributed by atoms with van der Waals surface area (Å²) in [6.07, 6.45) is 1.42. The lowest BCUT2D eigenvalue weighted by Gasteiger charge is -2.11. The third-order valence-corrected chi connectivity index (χ3v) is 3.11. The number of carbonyl (C=O) groups excluding carboxylic acids is 1. The zero-order chi connectivity index (χ0) is 10.8. The fourth-order valence-corrected chi connectivity index (χ4v) is 2.07. The van der Waals surface area contributed by atoms with Crippen LogP contribution in [0.5, 0.6) is 11.5 Å². The van der Waals surface area contributed by atoms with Crippen molar-refractivity contribution in [1.82, 2.24) is 0 Å². The Hall–Kier alpha value is -1.03. The van der Waals surface area contributed by atoms with E-state index >= 15 is 0 Å². The van der Waals surface area contributed by atoms with E-state index in [4.69, 9.17) is 9.47 Å². The van der Waals surface area contributed by atoms with Crippen LogP contribution in [-0.2, 0) is 4.79 Å². The summed E-state index contributed by atoms with van der Waals surface area (Å²) in [6, 6.07) is 3.88. The van der Waals surface area contributed by atoms with Crippen LogP contribution >= 0.6 is 15.9 Å². The molecule has 4 heteroatoms. The molecule has 2 rings (SSSR count). The summed E-state index contributed by atoms with van der Waals surface area (Å²) >= 11 is 3.39. The number of benzene rings is 1. The quantitative estimate of drug-likeness (QED) is 0.793. The smallest absolute Gasteiger partial charge is 0.231 e. The van der Waals surface area contributed by atoms with Gasteiger partial charge in [0.25, 0.3) is 0 Å². The van der Waals surface area contributed by atoms with Gasteiger partial charge in [0.1, 0.15) is 6.29 Å². The van der Waals surface area contributed by atoms with Gasteiger partial charge in [-0.05, 0) is 27.9 Å². The Morgan fingerprint density at radius 3 is 2.93 bits per heavy atom. The standard InChI is InChI=1S/C11H11BrO3/c1-7(4-5-13)8-2-3-9(12)11-10(8)14-6-15-11/h2-3,5,7H,4,6H2,1H3. The maximum atomic E-state index is 10.5. The summed E-state index contributed by atoms with van der Waals surface area (Å²) in [6.45, 7) is 2.25. The van der Waals surface area contributed by atoms with E-state index in [0.717, 1.165) is 27.8 Å². The van der Waals surface area contributed by atoms with Gasteiger partial charge in [0, 0.05) is 12.0 Å². The molecule has 1 aliphatic rings. The number of hydrogen-bond acceptors (Lipinski definition) is 3. The van der Waals surface area contributed by atoms with Crippen molar-refractivity contribution in [1.29, 1.82) is 0 Å². The SMILES string of the molecule is CC(CC=O)c1ccc(Br)c2c1OCO2. The summed E-state index contributed by atoms with van der Waals surface area (Å²) in [5, 5.41) is 0. The Morgan fingerprint density at radius 2 is 2.20 bits per heavy atom. The Kier molecular flexibility index (Phi) is 2.95. The maximum Gasteiger partial charge on any atom is 0.231 e. The van der Waals surface area contributed by atoms with E-state index in [2.05, 4.69) is 15.9 Å². The van der Waals surface area contributed by atoms with Crippen molar-refractivity contribution in [3.63, 3.8) is 0 Å². The van der Waals surface area contributed by atoms with Crippen LogP contribution in [0.4, 0.5) is 0 Å². The van der Waals surface area contributed by atoms with Crippen molar-refractivity contribution in [2.75, 3.05) is 6.79 Å². The van der Waals surface area contributed by atoms with Crippen molar-refractivity contribution in [3.8, 4) is 11.5 Å². The summed E-state index contributed by atoms with van der Waals surface area (Å²) < 4.78 is 11.6. The van der Waals surface area contributed by atoms with E-state index in [0.29, 0.717) is 6.42 Å². The summed E-state index contributed by atoms with van der Waals surface area (Å²) in [7, 11) is 0. The zero-order valence-electron chi connectivity index (χ0n) is 8.33. The first-order chi connectivity index (χ1) is 7.24. The Bertz CT molecular complexity index is 390. The second-order valence-corrected chi connectivity index (χ2v) is 4.36. The number of fused-ring (bicyclic) bond motifs is 1. The lowest BCUT2D eigenvalue weighted by atomic mass is 9.97. The lowest BCUT2D eigenvalue weighted by Crippen LogP contribution is -1.98. The molecule has 1 aromatic rings. The van der Waals surface area contributed by atoms with E-state index in [1.807, 2.05) is 19.1 Å². The highest BCUT2D eigenvalue weighted by Gasteiger charge is 2.23. The van der Waals surface area contributed by atoms with Gasteiger partial charge in [0.05, 0.1) is 4.47 Å². The van der Waals surface area contributed by atoms with Crippen molar-refractivity contribution in [2.24, 2.45) is 0 Å². The molecule has 0 bridgehead atoms. The van der Waals surface area contributed by atoms with E-state index in [-0.39, 0.29) is 12.7 Å². The van der Waals surface area contributed by atoms with Crippen LogP contribution in [-0.4, -0.2) is 13.1 Å². The van der Waals surface area contributed by atoms with Gasteiger partial charge >= 0.3 is 0 Å². The number of rotatable bonds is 3. The molecule has 1 atom stereocenters. The fourth-order valence-electron chi connectivity index (χ4n) is 1.64. The van der Waals surface area contributed by atoms with Crippen molar-refractivity contribution in [3.05, 3.63) is 22.2 Å². The highest BCUT2D eigenvalue weighted by molar-refractivity contribution is 9.10. The molecular weight excluding hydrogens is 260 g/mol. The van der Waals surface area contributed by atoms with Gasteiger partial charge in [-0.25, -0.2) is 0 Å². The largest absolute Gasteiger partial charge is 0.453 e.